The molecule has 0 aliphatic heterocycles. The van der Waals surface area contributed by atoms with Gasteiger partial charge in [0, 0.05) is 12.1 Å². The number of halogens is 3. The maximum Gasteiger partial charge on any atom is 0.417 e. The topological polar surface area (TPSA) is 144 Å². The molecule has 1 amide bonds. The number of carbonyl (C=O) groups is 3. The molecule has 1 aromatic rings. The minimum Gasteiger partial charge on any atom is -0.510 e. The molecule has 1 saturated carbocycles. The lowest BCUT2D eigenvalue weighted by atomic mass is 9.59. The number of allylic oxidation sites excluding steroid dienone is 1. The first-order valence-corrected chi connectivity index (χ1v) is 12.7. The quantitative estimate of drug-likeness (QED) is 0.312. The van der Waals surface area contributed by atoms with Gasteiger partial charge in [-0.1, -0.05) is 6.92 Å². The first-order chi connectivity index (χ1) is 18.1. The Hall–Kier alpha value is -3.38. The summed E-state index contributed by atoms with van der Waals surface area (Å²) in [6.45, 7) is 2.31. The van der Waals surface area contributed by atoms with Gasteiger partial charge < -0.3 is 26.0 Å². The number of carbonyl (C=O) groups excluding carboxylic acids is 3. The number of amides is 1. The third-order valence-corrected chi connectivity index (χ3v) is 7.98. The molecule has 0 spiro atoms. The van der Waals surface area contributed by atoms with Gasteiger partial charge in [0.25, 0.3) is 5.91 Å². The number of benzene rings is 1. The van der Waals surface area contributed by atoms with E-state index in [9.17, 15) is 42.9 Å². The van der Waals surface area contributed by atoms with Gasteiger partial charge in [-0.15, -0.1) is 0 Å². The number of alkyl halides is 3. The molecule has 0 saturated heterocycles. The number of aliphatic hydroxyl groups excluding tert-OH is 2. The van der Waals surface area contributed by atoms with Crippen LogP contribution < -0.4 is 5.73 Å². The second kappa shape index (κ2) is 9.98. The Labute approximate surface area is 223 Å². The molecule has 0 aromatic heterocycles. The molecular formula is C27H32F3N3O6. The summed E-state index contributed by atoms with van der Waals surface area (Å²) in [6.07, 6.45) is -4.46. The normalized spacial score (nSPS) is 25.3. The Morgan fingerprint density at radius 2 is 1.77 bits per heavy atom. The smallest absolute Gasteiger partial charge is 0.417 e. The predicted molar refractivity (Wildman–Crippen MR) is 134 cm³/mol. The fraction of sp³-hybridized carbons (Fsp3) is 0.519. The molecule has 0 heterocycles. The summed E-state index contributed by atoms with van der Waals surface area (Å²) in [4.78, 5) is 42.1. The number of nitrogens with two attached hydrogens (primary N) is 1. The summed E-state index contributed by atoms with van der Waals surface area (Å²) in [6, 6.07) is -0.0188. The van der Waals surface area contributed by atoms with Gasteiger partial charge in [0.15, 0.2) is 11.6 Å². The molecule has 0 radical (unpaired) electrons. The number of hydrogen-bond acceptors (Lipinski definition) is 8. The van der Waals surface area contributed by atoms with Crippen molar-refractivity contribution in [3.8, 4) is 5.75 Å². The van der Waals surface area contributed by atoms with Crippen LogP contribution in [0.25, 0.3) is 5.76 Å². The van der Waals surface area contributed by atoms with Crippen molar-refractivity contribution in [1.82, 2.24) is 9.80 Å². The second-order valence-electron chi connectivity index (χ2n) is 10.8. The van der Waals surface area contributed by atoms with Crippen molar-refractivity contribution in [2.75, 3.05) is 27.7 Å². The molecule has 12 heteroatoms. The van der Waals surface area contributed by atoms with Crippen LogP contribution in [-0.2, 0) is 33.5 Å². The third kappa shape index (κ3) is 4.59. The van der Waals surface area contributed by atoms with E-state index < -0.39 is 81.4 Å². The molecule has 4 rings (SSSR count). The SMILES string of the molecule is CCCN(C)Cc1cc(O)c2c(c1C(F)(F)F)C[C@H]1C[C@@H]3C(C(=O)C(C(N)=O)=C(O)[C@H]3N(C)C)C(=O)C1=C2O. The van der Waals surface area contributed by atoms with E-state index in [1.54, 1.807) is 26.0 Å². The van der Waals surface area contributed by atoms with E-state index in [4.69, 9.17) is 5.73 Å². The summed E-state index contributed by atoms with van der Waals surface area (Å²) in [5.41, 5.74) is 2.43. The molecule has 1 unspecified atom stereocenters. The standard InChI is InChI=1S/C27H32F3N3O6/c1-5-6-33(4)10-12-9-15(34)17-13(20(12)27(28,29)30)7-11-8-14-18(23(36)16(11)22(17)35)24(37)19(26(31)39)25(38)21(14)32(2)3/h9,11,14,18,21,34-35,38H,5-8,10H2,1-4H3,(H2,31,39)/t11-,14+,18?,21-/m0/s1. The Morgan fingerprint density at radius 1 is 1.13 bits per heavy atom. The third-order valence-electron chi connectivity index (χ3n) is 7.98. The number of primary amides is 1. The summed E-state index contributed by atoms with van der Waals surface area (Å²) in [5.74, 6) is -8.34. The van der Waals surface area contributed by atoms with Crippen LogP contribution in [0.2, 0.25) is 0 Å². The lowest BCUT2D eigenvalue weighted by Gasteiger charge is -2.46. The van der Waals surface area contributed by atoms with Crippen molar-refractivity contribution >= 4 is 23.2 Å². The number of phenols is 1. The van der Waals surface area contributed by atoms with Gasteiger partial charge in [0.05, 0.1) is 23.1 Å². The number of nitrogens with zero attached hydrogens (tertiary/aromatic N) is 2. The number of fused-ring (bicyclic) bond motifs is 3. The molecular weight excluding hydrogens is 519 g/mol. The van der Waals surface area contributed by atoms with E-state index in [2.05, 4.69) is 0 Å². The van der Waals surface area contributed by atoms with Crippen LogP contribution in [0.5, 0.6) is 5.75 Å². The number of phenolic OH excluding ortho intramolecular Hbond substituents is 1. The number of hydrogen-bond donors (Lipinski definition) is 4. The summed E-state index contributed by atoms with van der Waals surface area (Å²) < 4.78 is 43.5. The minimum absolute atomic E-state index is 0.0298. The van der Waals surface area contributed by atoms with Crippen LogP contribution in [0, 0.1) is 17.8 Å². The minimum atomic E-state index is -4.82. The molecule has 0 bridgehead atoms. The van der Waals surface area contributed by atoms with E-state index in [0.29, 0.717) is 13.0 Å². The van der Waals surface area contributed by atoms with E-state index in [0.717, 1.165) is 6.07 Å². The van der Waals surface area contributed by atoms with Crippen molar-refractivity contribution in [3.63, 3.8) is 0 Å². The van der Waals surface area contributed by atoms with Gasteiger partial charge >= 0.3 is 6.18 Å². The van der Waals surface area contributed by atoms with Gasteiger partial charge in [-0.05, 0) is 76.0 Å². The van der Waals surface area contributed by atoms with Gasteiger partial charge in [0.1, 0.15) is 22.8 Å². The predicted octanol–water partition coefficient (Wildman–Crippen LogP) is 2.71. The average Bonchev–Trinajstić information content (AvgIpc) is 2.77. The monoisotopic (exact) mass is 551 g/mol. The van der Waals surface area contributed by atoms with Crippen molar-refractivity contribution in [3.05, 3.63) is 45.2 Å². The second-order valence-corrected chi connectivity index (χ2v) is 10.8. The number of ketones is 2. The summed E-state index contributed by atoms with van der Waals surface area (Å²) in [7, 11) is 4.79. The van der Waals surface area contributed by atoms with Gasteiger partial charge in [0.2, 0.25) is 0 Å². The van der Waals surface area contributed by atoms with Gasteiger partial charge in [-0.25, -0.2) is 0 Å². The molecule has 212 valence electrons. The number of aliphatic hydroxyl groups is 2. The first-order valence-electron chi connectivity index (χ1n) is 12.7. The van der Waals surface area contributed by atoms with E-state index in [-0.39, 0.29) is 36.1 Å². The molecule has 4 atom stereocenters. The largest absolute Gasteiger partial charge is 0.510 e. The van der Waals surface area contributed by atoms with Crippen LogP contribution in [0.15, 0.2) is 23.0 Å². The van der Waals surface area contributed by atoms with Crippen LogP contribution in [0.1, 0.15) is 42.0 Å². The van der Waals surface area contributed by atoms with Crippen LogP contribution in [0.4, 0.5) is 13.2 Å². The summed E-state index contributed by atoms with van der Waals surface area (Å²) >= 11 is 0. The lowest BCUT2D eigenvalue weighted by molar-refractivity contribution is -0.139. The Bertz CT molecular complexity index is 1320. The molecule has 9 nitrogen and oxygen atoms in total. The Kier molecular flexibility index (Phi) is 7.32. The lowest BCUT2D eigenvalue weighted by Crippen LogP contribution is -2.55. The molecule has 39 heavy (non-hydrogen) atoms. The zero-order chi connectivity index (χ0) is 29.1. The van der Waals surface area contributed by atoms with E-state index in [1.165, 1.54) is 4.90 Å². The maximum atomic E-state index is 14.5. The zero-order valence-electron chi connectivity index (χ0n) is 22.1. The highest BCUT2D eigenvalue weighted by Crippen LogP contribution is 2.52. The van der Waals surface area contributed by atoms with Crippen molar-refractivity contribution in [1.29, 1.82) is 0 Å². The first kappa shape index (κ1) is 28.6. The Balaban J connectivity index is 1.91. The molecule has 1 aromatic carbocycles. The maximum absolute atomic E-state index is 14.5. The molecule has 5 N–H and O–H groups in total. The van der Waals surface area contributed by atoms with Gasteiger partial charge in [-0.3, -0.25) is 19.3 Å². The summed E-state index contributed by atoms with van der Waals surface area (Å²) in [5, 5.41) is 32.8. The van der Waals surface area contributed by atoms with Crippen LogP contribution in [-0.4, -0.2) is 76.3 Å². The number of rotatable bonds is 6. The van der Waals surface area contributed by atoms with Crippen molar-refractivity contribution in [2.24, 2.45) is 23.5 Å². The van der Waals surface area contributed by atoms with E-state index >= 15 is 0 Å². The highest BCUT2D eigenvalue weighted by Gasteiger charge is 2.56. The molecule has 1 fully saturated rings. The van der Waals surface area contributed by atoms with Crippen LogP contribution in [0.3, 0.4) is 0 Å². The molecule has 3 aliphatic carbocycles. The van der Waals surface area contributed by atoms with Gasteiger partial charge in [-0.2, -0.15) is 13.2 Å². The highest BCUT2D eigenvalue weighted by molar-refractivity contribution is 6.28. The number of aromatic hydroxyl groups is 1. The zero-order valence-corrected chi connectivity index (χ0v) is 22.1. The number of Topliss-reactive ketones (excluding diaryl/α,β-unsaturated/α-hetero) is 2. The fourth-order valence-electron chi connectivity index (χ4n) is 6.63. The Morgan fingerprint density at radius 3 is 2.31 bits per heavy atom. The molecule has 3 aliphatic rings. The fourth-order valence-corrected chi connectivity index (χ4v) is 6.63. The van der Waals surface area contributed by atoms with Crippen molar-refractivity contribution in [2.45, 2.75) is 44.9 Å². The van der Waals surface area contributed by atoms with E-state index in [1.807, 2.05) is 6.92 Å². The van der Waals surface area contributed by atoms with Crippen molar-refractivity contribution < 1.29 is 42.9 Å². The highest BCUT2D eigenvalue weighted by atomic mass is 19.4. The van der Waals surface area contributed by atoms with Crippen LogP contribution >= 0.6 is 0 Å². The number of likely N-dealkylation sites (N-methyl/N-ethyl adjacent to an activating group) is 1. The average molecular weight is 552 g/mol.